The molecule has 4 heteroatoms. The van der Waals surface area contributed by atoms with Gasteiger partial charge in [-0.1, -0.05) is 51.4 Å². The highest BCUT2D eigenvalue weighted by Crippen LogP contribution is 2.22. The Labute approximate surface area is 114 Å². The average Bonchev–Trinajstić information content (AvgIpc) is 2.39. The quantitative estimate of drug-likeness (QED) is 0.530. The zero-order chi connectivity index (χ0) is 12.8. The number of oxime groups is 1. The molecule has 0 amide bonds. The first-order valence-corrected chi connectivity index (χ1v) is 6.22. The minimum atomic E-state index is 0.481. The van der Waals surface area contributed by atoms with E-state index in [1.165, 1.54) is 6.21 Å². The fraction of sp³-hybridized carbons (Fsp3) is 0.0714. The molecule has 2 aromatic carbocycles. The summed E-state index contributed by atoms with van der Waals surface area (Å²) in [6.07, 6.45) is 1.35. The minimum Gasteiger partial charge on any atom is -0.488 e. The average molecular weight is 306 g/mol. The summed E-state index contributed by atoms with van der Waals surface area (Å²) in [5, 5.41) is 11.7. The van der Waals surface area contributed by atoms with Gasteiger partial charge in [-0.2, -0.15) is 0 Å². The third-order valence-corrected chi connectivity index (χ3v) is 2.90. The maximum Gasteiger partial charge on any atom is 0.128 e. The molecule has 0 saturated heterocycles. The summed E-state index contributed by atoms with van der Waals surface area (Å²) in [5.74, 6) is 0.680. The molecule has 2 aromatic rings. The van der Waals surface area contributed by atoms with Crippen LogP contribution in [0.4, 0.5) is 0 Å². The van der Waals surface area contributed by atoms with Crippen LogP contribution in [0.2, 0.25) is 0 Å². The van der Waals surface area contributed by atoms with E-state index in [4.69, 9.17) is 9.94 Å². The molecule has 1 N–H and O–H groups in total. The van der Waals surface area contributed by atoms with E-state index in [9.17, 15) is 0 Å². The molecule has 18 heavy (non-hydrogen) atoms. The van der Waals surface area contributed by atoms with E-state index in [1.54, 1.807) is 0 Å². The summed E-state index contributed by atoms with van der Waals surface area (Å²) in [7, 11) is 0. The molecule has 0 fully saturated rings. The van der Waals surface area contributed by atoms with E-state index >= 15 is 0 Å². The molecule has 0 aliphatic rings. The van der Waals surface area contributed by atoms with Crippen LogP contribution >= 0.6 is 15.9 Å². The number of hydrogen-bond acceptors (Lipinski definition) is 3. The molecule has 0 unspecified atom stereocenters. The van der Waals surface area contributed by atoms with Crippen molar-refractivity contribution in [3.63, 3.8) is 0 Å². The Bertz CT molecular complexity index is 541. The zero-order valence-corrected chi connectivity index (χ0v) is 11.2. The Morgan fingerprint density at radius 3 is 2.67 bits per heavy atom. The molecular formula is C14H12BrNO2. The molecule has 0 radical (unpaired) electrons. The van der Waals surface area contributed by atoms with E-state index in [2.05, 4.69) is 21.1 Å². The van der Waals surface area contributed by atoms with Gasteiger partial charge in [0.2, 0.25) is 0 Å². The molecule has 2 rings (SSSR count). The number of halogens is 1. The predicted molar refractivity (Wildman–Crippen MR) is 74.3 cm³/mol. The van der Waals surface area contributed by atoms with E-state index in [1.807, 2.05) is 48.5 Å². The van der Waals surface area contributed by atoms with Gasteiger partial charge in [-0.15, -0.1) is 0 Å². The smallest absolute Gasteiger partial charge is 0.128 e. The van der Waals surface area contributed by atoms with Crippen LogP contribution in [-0.4, -0.2) is 11.4 Å². The molecule has 0 spiro atoms. The first kappa shape index (κ1) is 12.6. The molecular weight excluding hydrogens is 294 g/mol. The first-order chi connectivity index (χ1) is 8.79. The van der Waals surface area contributed by atoms with E-state index < -0.39 is 0 Å². The van der Waals surface area contributed by atoms with Crippen molar-refractivity contribution in [1.82, 2.24) is 0 Å². The van der Waals surface area contributed by atoms with Gasteiger partial charge in [0.05, 0.1) is 6.21 Å². The third kappa shape index (κ3) is 3.34. The van der Waals surface area contributed by atoms with E-state index in [0.717, 1.165) is 15.6 Å². The lowest BCUT2D eigenvalue weighted by Gasteiger charge is -2.09. The molecule has 0 atom stereocenters. The Morgan fingerprint density at radius 2 is 1.94 bits per heavy atom. The fourth-order valence-corrected chi connectivity index (χ4v) is 1.93. The SMILES string of the molecule is O/N=C/c1cc(Br)ccc1OCc1ccccc1. The normalized spacial score (nSPS) is 10.7. The van der Waals surface area contributed by atoms with Gasteiger partial charge in [0, 0.05) is 10.0 Å². The summed E-state index contributed by atoms with van der Waals surface area (Å²) in [6.45, 7) is 0.481. The van der Waals surface area contributed by atoms with Crippen LogP contribution in [0.25, 0.3) is 0 Å². The summed E-state index contributed by atoms with van der Waals surface area (Å²) in [5.41, 5.74) is 1.81. The van der Waals surface area contributed by atoms with Crippen molar-refractivity contribution in [3.8, 4) is 5.75 Å². The zero-order valence-electron chi connectivity index (χ0n) is 9.58. The van der Waals surface area contributed by atoms with Crippen molar-refractivity contribution in [2.45, 2.75) is 6.61 Å². The Morgan fingerprint density at radius 1 is 1.17 bits per heavy atom. The number of ether oxygens (including phenoxy) is 1. The first-order valence-electron chi connectivity index (χ1n) is 5.43. The van der Waals surface area contributed by atoms with Crippen molar-refractivity contribution in [2.24, 2.45) is 5.16 Å². The molecule has 0 aromatic heterocycles. The van der Waals surface area contributed by atoms with Gasteiger partial charge < -0.3 is 9.94 Å². The molecule has 0 saturated carbocycles. The summed E-state index contributed by atoms with van der Waals surface area (Å²) >= 11 is 3.36. The second-order valence-corrected chi connectivity index (χ2v) is 4.62. The van der Waals surface area contributed by atoms with Gasteiger partial charge in [-0.25, -0.2) is 0 Å². The van der Waals surface area contributed by atoms with Crippen molar-refractivity contribution >= 4 is 22.1 Å². The maximum absolute atomic E-state index is 8.62. The largest absolute Gasteiger partial charge is 0.488 e. The number of nitrogens with zero attached hydrogens (tertiary/aromatic N) is 1. The summed E-state index contributed by atoms with van der Waals surface area (Å²) in [4.78, 5) is 0. The van der Waals surface area contributed by atoms with Crippen LogP contribution in [0, 0.1) is 0 Å². The summed E-state index contributed by atoms with van der Waals surface area (Å²) in [6, 6.07) is 15.5. The number of benzene rings is 2. The molecule has 0 aliphatic carbocycles. The van der Waals surface area contributed by atoms with Crippen LogP contribution in [0.1, 0.15) is 11.1 Å². The molecule has 0 heterocycles. The standard InChI is InChI=1S/C14H12BrNO2/c15-13-6-7-14(12(8-13)9-16-17)18-10-11-4-2-1-3-5-11/h1-9,17H,10H2/b16-9+. The van der Waals surface area contributed by atoms with Crippen molar-refractivity contribution in [2.75, 3.05) is 0 Å². The van der Waals surface area contributed by atoms with Crippen molar-refractivity contribution < 1.29 is 9.94 Å². The number of rotatable bonds is 4. The maximum atomic E-state index is 8.62. The van der Waals surface area contributed by atoms with Gasteiger partial charge in [0.25, 0.3) is 0 Å². The van der Waals surface area contributed by atoms with Gasteiger partial charge in [-0.3, -0.25) is 0 Å². The van der Waals surface area contributed by atoms with Crippen molar-refractivity contribution in [3.05, 3.63) is 64.1 Å². The highest BCUT2D eigenvalue weighted by Gasteiger charge is 2.03. The van der Waals surface area contributed by atoms with Gasteiger partial charge in [0.1, 0.15) is 12.4 Å². The minimum absolute atomic E-state index is 0.481. The van der Waals surface area contributed by atoms with Gasteiger partial charge in [-0.05, 0) is 23.8 Å². The van der Waals surface area contributed by atoms with Gasteiger partial charge >= 0.3 is 0 Å². The fourth-order valence-electron chi connectivity index (χ4n) is 1.55. The monoisotopic (exact) mass is 305 g/mol. The van der Waals surface area contributed by atoms with Crippen LogP contribution in [-0.2, 0) is 6.61 Å². The molecule has 3 nitrogen and oxygen atoms in total. The predicted octanol–water partition coefficient (Wildman–Crippen LogP) is 3.84. The molecule has 92 valence electrons. The van der Waals surface area contributed by atoms with Gasteiger partial charge in [0.15, 0.2) is 0 Å². The molecule has 0 bridgehead atoms. The lowest BCUT2D eigenvalue weighted by molar-refractivity contribution is 0.304. The summed E-state index contributed by atoms with van der Waals surface area (Å²) < 4.78 is 6.61. The Kier molecular flexibility index (Phi) is 4.36. The van der Waals surface area contributed by atoms with Crippen LogP contribution in [0.5, 0.6) is 5.75 Å². The second kappa shape index (κ2) is 6.21. The second-order valence-electron chi connectivity index (χ2n) is 3.70. The van der Waals surface area contributed by atoms with Crippen LogP contribution in [0.15, 0.2) is 58.2 Å². The highest BCUT2D eigenvalue weighted by molar-refractivity contribution is 9.10. The van der Waals surface area contributed by atoms with Crippen molar-refractivity contribution in [1.29, 1.82) is 0 Å². The number of hydrogen-bond donors (Lipinski definition) is 1. The Balaban J connectivity index is 2.14. The van der Waals surface area contributed by atoms with Crippen LogP contribution in [0.3, 0.4) is 0 Å². The van der Waals surface area contributed by atoms with E-state index in [-0.39, 0.29) is 0 Å². The Hall–Kier alpha value is -1.81. The molecule has 0 aliphatic heterocycles. The highest BCUT2D eigenvalue weighted by atomic mass is 79.9. The van der Waals surface area contributed by atoms with E-state index in [0.29, 0.717) is 12.4 Å². The lowest BCUT2D eigenvalue weighted by Crippen LogP contribution is -1.98. The topological polar surface area (TPSA) is 41.8 Å². The van der Waals surface area contributed by atoms with Crippen LogP contribution < -0.4 is 4.74 Å². The lowest BCUT2D eigenvalue weighted by atomic mass is 10.2. The third-order valence-electron chi connectivity index (χ3n) is 2.41.